The van der Waals surface area contributed by atoms with Crippen LogP contribution in [0.4, 0.5) is 0 Å². The number of amides is 1. The van der Waals surface area contributed by atoms with Crippen LogP contribution >= 0.6 is 27.3 Å². The van der Waals surface area contributed by atoms with Gasteiger partial charge < -0.3 is 10.4 Å². The predicted molar refractivity (Wildman–Crippen MR) is 83.2 cm³/mol. The van der Waals surface area contributed by atoms with Crippen molar-refractivity contribution in [2.24, 2.45) is 0 Å². The largest absolute Gasteiger partial charge is 0.507 e. The van der Waals surface area contributed by atoms with Gasteiger partial charge in [0, 0.05) is 15.5 Å². The lowest BCUT2D eigenvalue weighted by Gasteiger charge is -2.12. The Labute approximate surface area is 130 Å². The van der Waals surface area contributed by atoms with Crippen LogP contribution in [0.1, 0.15) is 40.1 Å². The normalized spacial score (nSPS) is 12.2. The van der Waals surface area contributed by atoms with Crippen LogP contribution in [0.15, 0.2) is 28.9 Å². The molecule has 106 valence electrons. The number of phenols is 1. The number of thiazole rings is 1. The first-order chi connectivity index (χ1) is 9.51. The maximum Gasteiger partial charge on any atom is 0.255 e. The van der Waals surface area contributed by atoms with Gasteiger partial charge in [-0.15, -0.1) is 11.3 Å². The molecule has 1 atom stereocenters. The molecule has 2 rings (SSSR count). The monoisotopic (exact) mass is 354 g/mol. The van der Waals surface area contributed by atoms with Gasteiger partial charge in [0.2, 0.25) is 0 Å². The fourth-order valence-corrected chi connectivity index (χ4v) is 2.93. The van der Waals surface area contributed by atoms with Crippen LogP contribution in [0.25, 0.3) is 0 Å². The zero-order valence-electron chi connectivity index (χ0n) is 11.2. The Kier molecular flexibility index (Phi) is 4.77. The molecule has 0 aliphatic heterocycles. The summed E-state index contributed by atoms with van der Waals surface area (Å²) in [5, 5.41) is 13.4. The zero-order valence-corrected chi connectivity index (χ0v) is 13.6. The number of halogens is 1. The van der Waals surface area contributed by atoms with E-state index in [4.69, 9.17) is 0 Å². The first-order valence-corrected chi connectivity index (χ1v) is 7.86. The summed E-state index contributed by atoms with van der Waals surface area (Å²) in [7, 11) is 0. The molecule has 4 nitrogen and oxygen atoms in total. The number of rotatable bonds is 4. The summed E-state index contributed by atoms with van der Waals surface area (Å²) < 4.78 is 0.746. The van der Waals surface area contributed by atoms with Crippen molar-refractivity contribution < 1.29 is 9.90 Å². The van der Waals surface area contributed by atoms with Gasteiger partial charge in [-0.05, 0) is 31.5 Å². The molecule has 0 radical (unpaired) electrons. The van der Waals surface area contributed by atoms with Crippen LogP contribution in [-0.2, 0) is 6.42 Å². The molecule has 0 spiro atoms. The van der Waals surface area contributed by atoms with Gasteiger partial charge in [-0.1, -0.05) is 22.9 Å². The average Bonchev–Trinajstić information content (AvgIpc) is 2.90. The van der Waals surface area contributed by atoms with Crippen molar-refractivity contribution in [2.75, 3.05) is 0 Å². The number of carbonyl (C=O) groups is 1. The van der Waals surface area contributed by atoms with E-state index in [2.05, 4.69) is 33.2 Å². The van der Waals surface area contributed by atoms with Crippen molar-refractivity contribution in [1.82, 2.24) is 10.3 Å². The van der Waals surface area contributed by atoms with Crippen molar-refractivity contribution >= 4 is 33.2 Å². The molecule has 0 bridgehead atoms. The number of hydrogen-bond acceptors (Lipinski definition) is 4. The molecular formula is C14H15BrN2O2S. The number of phenolic OH excluding ortho intramolecular Hbond substituents is 1. The third-order valence-electron chi connectivity index (χ3n) is 2.84. The van der Waals surface area contributed by atoms with Crippen molar-refractivity contribution in [3.63, 3.8) is 0 Å². The van der Waals surface area contributed by atoms with Crippen LogP contribution in [0.3, 0.4) is 0 Å². The number of benzene rings is 1. The second kappa shape index (κ2) is 6.37. The topological polar surface area (TPSA) is 62.2 Å². The highest BCUT2D eigenvalue weighted by molar-refractivity contribution is 9.10. The summed E-state index contributed by atoms with van der Waals surface area (Å²) in [6.45, 7) is 3.95. The molecule has 1 amide bonds. The number of nitrogens with one attached hydrogen (secondary N) is 1. The van der Waals surface area contributed by atoms with Crippen LogP contribution in [0, 0.1) is 0 Å². The highest BCUT2D eigenvalue weighted by atomic mass is 79.9. The molecular weight excluding hydrogens is 340 g/mol. The van der Waals surface area contributed by atoms with Gasteiger partial charge in [0.15, 0.2) is 0 Å². The van der Waals surface area contributed by atoms with E-state index in [1.54, 1.807) is 23.5 Å². The molecule has 0 aliphatic carbocycles. The van der Waals surface area contributed by atoms with Crippen molar-refractivity contribution in [3.05, 3.63) is 44.3 Å². The minimum atomic E-state index is -0.315. The van der Waals surface area contributed by atoms with Gasteiger partial charge in [0.25, 0.3) is 5.91 Å². The van der Waals surface area contributed by atoms with Gasteiger partial charge in [0.05, 0.1) is 11.6 Å². The molecule has 0 saturated carbocycles. The fraction of sp³-hybridized carbons (Fsp3) is 0.286. The van der Waals surface area contributed by atoms with Gasteiger partial charge >= 0.3 is 0 Å². The minimum absolute atomic E-state index is 0.0358. The molecule has 6 heteroatoms. The van der Waals surface area contributed by atoms with E-state index in [1.165, 1.54) is 10.9 Å². The van der Waals surface area contributed by atoms with Crippen molar-refractivity contribution in [1.29, 1.82) is 0 Å². The molecule has 2 N–H and O–H groups in total. The Hall–Kier alpha value is -1.40. The molecule has 0 aliphatic rings. The van der Waals surface area contributed by atoms with Crippen LogP contribution in [0.5, 0.6) is 5.75 Å². The van der Waals surface area contributed by atoms with E-state index < -0.39 is 0 Å². The number of nitrogens with zero attached hydrogens (tertiary/aromatic N) is 1. The van der Waals surface area contributed by atoms with E-state index in [1.807, 2.05) is 13.1 Å². The lowest BCUT2D eigenvalue weighted by atomic mass is 10.2. The predicted octanol–water partition coefficient (Wildman–Crippen LogP) is 3.66. The molecule has 2 aromatic rings. The second-order valence-corrected chi connectivity index (χ2v) is 6.44. The Morgan fingerprint density at radius 1 is 1.55 bits per heavy atom. The average molecular weight is 355 g/mol. The lowest BCUT2D eigenvalue weighted by molar-refractivity contribution is 0.0937. The van der Waals surface area contributed by atoms with Crippen LogP contribution in [0.2, 0.25) is 0 Å². The summed E-state index contributed by atoms with van der Waals surface area (Å²) >= 11 is 4.87. The molecule has 1 heterocycles. The fourth-order valence-electron chi connectivity index (χ4n) is 1.71. The van der Waals surface area contributed by atoms with Crippen molar-refractivity contribution in [3.8, 4) is 5.75 Å². The van der Waals surface area contributed by atoms with E-state index >= 15 is 0 Å². The first kappa shape index (κ1) is 15.0. The molecule has 1 aromatic carbocycles. The number of carbonyl (C=O) groups excluding carboxylic acids is 1. The van der Waals surface area contributed by atoms with Gasteiger partial charge in [-0.25, -0.2) is 4.98 Å². The Morgan fingerprint density at radius 3 is 2.95 bits per heavy atom. The smallest absolute Gasteiger partial charge is 0.255 e. The molecule has 1 unspecified atom stereocenters. The van der Waals surface area contributed by atoms with Crippen LogP contribution in [-0.4, -0.2) is 16.0 Å². The molecule has 0 saturated heterocycles. The molecule has 0 fully saturated rings. The van der Waals surface area contributed by atoms with Gasteiger partial charge in [-0.3, -0.25) is 4.79 Å². The number of aromatic nitrogens is 1. The molecule has 1 aromatic heterocycles. The second-order valence-electron chi connectivity index (χ2n) is 4.37. The van der Waals surface area contributed by atoms with Gasteiger partial charge in [0.1, 0.15) is 10.8 Å². The van der Waals surface area contributed by atoms with E-state index in [-0.39, 0.29) is 23.3 Å². The Morgan fingerprint density at radius 2 is 2.30 bits per heavy atom. The van der Waals surface area contributed by atoms with E-state index in [9.17, 15) is 9.90 Å². The number of aryl methyl sites for hydroxylation is 1. The highest BCUT2D eigenvalue weighted by Crippen LogP contribution is 2.24. The zero-order chi connectivity index (χ0) is 14.7. The van der Waals surface area contributed by atoms with Gasteiger partial charge in [-0.2, -0.15) is 0 Å². The maximum atomic E-state index is 12.2. The third kappa shape index (κ3) is 3.37. The first-order valence-electron chi connectivity index (χ1n) is 6.25. The van der Waals surface area contributed by atoms with E-state index in [0.717, 1.165) is 15.9 Å². The maximum absolute atomic E-state index is 12.2. The quantitative estimate of drug-likeness (QED) is 0.880. The highest BCUT2D eigenvalue weighted by Gasteiger charge is 2.17. The number of hydrogen-bond donors (Lipinski definition) is 2. The van der Waals surface area contributed by atoms with Crippen molar-refractivity contribution in [2.45, 2.75) is 26.3 Å². The summed E-state index contributed by atoms with van der Waals surface area (Å²) in [4.78, 5) is 17.7. The molecule has 20 heavy (non-hydrogen) atoms. The van der Waals surface area contributed by atoms with Crippen LogP contribution < -0.4 is 5.32 Å². The summed E-state index contributed by atoms with van der Waals surface area (Å²) in [6, 6.07) is 4.58. The lowest BCUT2D eigenvalue weighted by Crippen LogP contribution is -2.26. The number of aromatic hydroxyl groups is 1. The Bertz CT molecular complexity index is 627. The Balaban J connectivity index is 2.12. The summed E-state index contributed by atoms with van der Waals surface area (Å²) in [5.41, 5.74) is 0.249. The van der Waals surface area contributed by atoms with E-state index in [0.29, 0.717) is 0 Å². The summed E-state index contributed by atoms with van der Waals surface area (Å²) in [5.74, 6) is -0.351. The third-order valence-corrected chi connectivity index (χ3v) is 4.66. The standard InChI is InChI=1S/C14H15BrN2O2S/c1-3-10-7-16-14(20-10)8(2)17-13(19)11-6-9(15)4-5-12(11)18/h4-8,18H,3H2,1-2H3,(H,17,19). The summed E-state index contributed by atoms with van der Waals surface area (Å²) in [6.07, 6.45) is 2.77. The minimum Gasteiger partial charge on any atom is -0.507 e. The SMILES string of the molecule is CCc1cnc(C(C)NC(=O)c2cc(Br)ccc2O)s1.